The van der Waals surface area contributed by atoms with E-state index < -0.39 is 0 Å². The quantitative estimate of drug-likeness (QED) is 0.387. The van der Waals surface area contributed by atoms with Crippen LogP contribution in [0.15, 0.2) is 47.7 Å². The van der Waals surface area contributed by atoms with Crippen molar-refractivity contribution in [1.29, 1.82) is 0 Å². The molecule has 8 heteroatoms. The second-order valence-corrected chi connectivity index (χ2v) is 7.20. The number of nitrogens with one attached hydrogen (secondary N) is 1. The predicted molar refractivity (Wildman–Crippen MR) is 124 cm³/mol. The minimum absolute atomic E-state index is 0. The fraction of sp³-hybridized carbons (Fsp3) is 0.400. The van der Waals surface area contributed by atoms with Crippen LogP contribution in [0.2, 0.25) is 5.02 Å². The minimum Gasteiger partial charge on any atom is -0.357 e. The standard InChI is InChI=1S/C20H26ClN5O.HI/c1-22-20(23-14-17-6-7-24(2)15-17)26-10-8-25(9-11-26)19(27)13-16-4-3-5-18(21)12-16;/h3-7,12,15H,8-11,13-14H2,1-2H3,(H,22,23);1H. The summed E-state index contributed by atoms with van der Waals surface area (Å²) < 4.78 is 2.03. The molecule has 1 aliphatic heterocycles. The lowest BCUT2D eigenvalue weighted by molar-refractivity contribution is -0.131. The summed E-state index contributed by atoms with van der Waals surface area (Å²) in [7, 11) is 3.81. The summed E-state index contributed by atoms with van der Waals surface area (Å²) >= 11 is 6.01. The number of aliphatic imine (C=N–C) groups is 1. The van der Waals surface area contributed by atoms with Gasteiger partial charge in [-0.1, -0.05) is 23.7 Å². The number of halogens is 2. The Labute approximate surface area is 188 Å². The highest BCUT2D eigenvalue weighted by atomic mass is 127. The maximum Gasteiger partial charge on any atom is 0.227 e. The van der Waals surface area contributed by atoms with Crippen molar-refractivity contribution in [2.24, 2.45) is 12.0 Å². The van der Waals surface area contributed by atoms with Gasteiger partial charge in [-0.05, 0) is 29.3 Å². The van der Waals surface area contributed by atoms with Gasteiger partial charge in [-0.3, -0.25) is 9.79 Å². The first kappa shape index (κ1) is 22.5. The Bertz CT molecular complexity index is 814. The number of rotatable bonds is 4. The van der Waals surface area contributed by atoms with Crippen LogP contribution >= 0.6 is 35.6 Å². The second kappa shape index (κ2) is 10.7. The SMILES string of the molecule is CN=C(NCc1ccn(C)c1)N1CCN(C(=O)Cc2cccc(Cl)c2)CC1.I. The molecule has 1 aromatic carbocycles. The number of piperazine rings is 1. The molecule has 1 aromatic heterocycles. The molecule has 0 bridgehead atoms. The van der Waals surface area contributed by atoms with Crippen LogP contribution in [0, 0.1) is 0 Å². The number of carbonyl (C=O) groups excluding carboxylic acids is 1. The smallest absolute Gasteiger partial charge is 0.227 e. The molecule has 152 valence electrons. The third-order valence-corrected chi connectivity index (χ3v) is 4.97. The number of amides is 1. The Kier molecular flexibility index (Phi) is 8.62. The zero-order valence-electron chi connectivity index (χ0n) is 16.3. The first-order valence-electron chi connectivity index (χ1n) is 9.14. The van der Waals surface area contributed by atoms with Crippen LogP contribution in [-0.2, 0) is 24.8 Å². The maximum atomic E-state index is 12.6. The number of carbonyl (C=O) groups is 1. The van der Waals surface area contributed by atoms with Crippen molar-refractivity contribution in [2.75, 3.05) is 33.2 Å². The summed E-state index contributed by atoms with van der Waals surface area (Å²) in [4.78, 5) is 21.1. The highest BCUT2D eigenvalue weighted by Gasteiger charge is 2.23. The molecule has 0 spiro atoms. The number of hydrogen-bond donors (Lipinski definition) is 1. The van der Waals surface area contributed by atoms with E-state index in [-0.39, 0.29) is 29.9 Å². The van der Waals surface area contributed by atoms with Crippen molar-refractivity contribution in [1.82, 2.24) is 19.7 Å². The molecule has 0 unspecified atom stereocenters. The predicted octanol–water partition coefficient (Wildman–Crippen LogP) is 2.76. The molecule has 0 aliphatic carbocycles. The van der Waals surface area contributed by atoms with Gasteiger partial charge in [0, 0.05) is 64.2 Å². The number of aryl methyl sites for hydroxylation is 1. The van der Waals surface area contributed by atoms with E-state index in [1.54, 1.807) is 7.05 Å². The van der Waals surface area contributed by atoms with Gasteiger partial charge >= 0.3 is 0 Å². The number of benzene rings is 1. The summed E-state index contributed by atoms with van der Waals surface area (Å²) in [6.07, 6.45) is 4.51. The van der Waals surface area contributed by atoms with E-state index in [9.17, 15) is 4.79 Å². The van der Waals surface area contributed by atoms with E-state index >= 15 is 0 Å². The molecule has 1 amide bonds. The minimum atomic E-state index is 0. The van der Waals surface area contributed by atoms with Crippen LogP contribution in [0.4, 0.5) is 0 Å². The molecule has 3 rings (SSSR count). The van der Waals surface area contributed by atoms with Crippen LogP contribution in [0.25, 0.3) is 0 Å². The molecular formula is C20H27ClIN5O. The Morgan fingerprint density at radius 2 is 1.86 bits per heavy atom. The molecule has 1 saturated heterocycles. The largest absolute Gasteiger partial charge is 0.357 e. The third kappa shape index (κ3) is 6.13. The van der Waals surface area contributed by atoms with E-state index in [0.29, 0.717) is 24.5 Å². The average molecular weight is 516 g/mol. The lowest BCUT2D eigenvalue weighted by Crippen LogP contribution is -2.53. The summed E-state index contributed by atoms with van der Waals surface area (Å²) in [6.45, 7) is 3.68. The van der Waals surface area contributed by atoms with Gasteiger partial charge in [-0.25, -0.2) is 0 Å². The first-order valence-corrected chi connectivity index (χ1v) is 9.51. The highest BCUT2D eigenvalue weighted by Crippen LogP contribution is 2.13. The first-order chi connectivity index (χ1) is 13.0. The number of nitrogens with zero attached hydrogens (tertiary/aromatic N) is 4. The molecule has 2 aromatic rings. The van der Waals surface area contributed by atoms with Crippen LogP contribution in [0.3, 0.4) is 0 Å². The second-order valence-electron chi connectivity index (χ2n) is 6.76. The van der Waals surface area contributed by atoms with Crippen molar-refractivity contribution in [3.8, 4) is 0 Å². The summed E-state index contributed by atoms with van der Waals surface area (Å²) in [5, 5.41) is 4.07. The van der Waals surface area contributed by atoms with E-state index in [4.69, 9.17) is 11.6 Å². The molecule has 1 N–H and O–H groups in total. The van der Waals surface area contributed by atoms with E-state index in [1.165, 1.54) is 5.56 Å². The Hall–Kier alpha value is -1.74. The fourth-order valence-electron chi connectivity index (χ4n) is 3.28. The molecule has 1 fully saturated rings. The summed E-state index contributed by atoms with van der Waals surface area (Å²) in [5.74, 6) is 1.02. The monoisotopic (exact) mass is 515 g/mol. The third-order valence-electron chi connectivity index (χ3n) is 4.73. The van der Waals surface area contributed by atoms with Gasteiger partial charge < -0.3 is 19.7 Å². The molecule has 0 atom stereocenters. The van der Waals surface area contributed by atoms with Gasteiger partial charge in [0.25, 0.3) is 0 Å². The zero-order valence-corrected chi connectivity index (χ0v) is 19.4. The van der Waals surface area contributed by atoms with Crippen molar-refractivity contribution >= 4 is 47.4 Å². The number of guanidine groups is 1. The van der Waals surface area contributed by atoms with Crippen molar-refractivity contribution < 1.29 is 4.79 Å². The fourth-order valence-corrected chi connectivity index (χ4v) is 3.49. The normalized spacial score (nSPS) is 14.6. The Morgan fingerprint density at radius 3 is 2.46 bits per heavy atom. The molecule has 6 nitrogen and oxygen atoms in total. The summed E-state index contributed by atoms with van der Waals surface area (Å²) in [6, 6.07) is 9.58. The molecule has 1 aliphatic rings. The van der Waals surface area contributed by atoms with Crippen LogP contribution in [-0.4, -0.2) is 59.5 Å². The Morgan fingerprint density at radius 1 is 1.14 bits per heavy atom. The lowest BCUT2D eigenvalue weighted by atomic mass is 10.1. The van der Waals surface area contributed by atoms with E-state index in [2.05, 4.69) is 27.5 Å². The van der Waals surface area contributed by atoms with Crippen LogP contribution in [0.1, 0.15) is 11.1 Å². The van der Waals surface area contributed by atoms with Crippen LogP contribution < -0.4 is 5.32 Å². The van der Waals surface area contributed by atoms with Gasteiger partial charge in [-0.15, -0.1) is 24.0 Å². The molecule has 0 saturated carbocycles. The molecule has 28 heavy (non-hydrogen) atoms. The van der Waals surface area contributed by atoms with Crippen molar-refractivity contribution in [3.05, 3.63) is 58.9 Å². The number of aromatic nitrogens is 1. The van der Waals surface area contributed by atoms with E-state index in [0.717, 1.165) is 31.2 Å². The van der Waals surface area contributed by atoms with Gasteiger partial charge in [0.1, 0.15) is 0 Å². The van der Waals surface area contributed by atoms with Gasteiger partial charge in [0.05, 0.1) is 6.42 Å². The topological polar surface area (TPSA) is 52.9 Å². The average Bonchev–Trinajstić information content (AvgIpc) is 3.08. The molecule has 0 radical (unpaired) electrons. The Balaban J connectivity index is 0.00000280. The number of hydrogen-bond acceptors (Lipinski definition) is 2. The van der Waals surface area contributed by atoms with Crippen molar-refractivity contribution in [3.63, 3.8) is 0 Å². The highest BCUT2D eigenvalue weighted by molar-refractivity contribution is 14.0. The van der Waals surface area contributed by atoms with Gasteiger partial charge in [0.15, 0.2) is 5.96 Å². The maximum absolute atomic E-state index is 12.6. The van der Waals surface area contributed by atoms with Crippen molar-refractivity contribution in [2.45, 2.75) is 13.0 Å². The summed E-state index contributed by atoms with van der Waals surface area (Å²) in [5.41, 5.74) is 2.17. The molecule has 2 heterocycles. The van der Waals surface area contributed by atoms with Crippen LogP contribution in [0.5, 0.6) is 0 Å². The van der Waals surface area contributed by atoms with Gasteiger partial charge in [-0.2, -0.15) is 0 Å². The lowest BCUT2D eigenvalue weighted by Gasteiger charge is -2.36. The van der Waals surface area contributed by atoms with Gasteiger partial charge in [0.2, 0.25) is 5.91 Å². The van der Waals surface area contributed by atoms with E-state index in [1.807, 2.05) is 47.0 Å². The zero-order chi connectivity index (χ0) is 19.2. The molecular weight excluding hydrogens is 489 g/mol.